The average molecular weight is 1750 g/mol. The molecule has 12 aromatic rings. The van der Waals surface area contributed by atoms with Crippen molar-refractivity contribution in [1.82, 2.24) is 0 Å². The third kappa shape index (κ3) is 31.8. The number of thioether (sulfide) groups is 4. The molecule has 0 amide bonds. The van der Waals surface area contributed by atoms with Gasteiger partial charge in [0, 0.05) is 94.8 Å². The van der Waals surface area contributed by atoms with Gasteiger partial charge in [-0.15, -0.1) is 47.0 Å². The normalized spacial score (nSPS) is 11.2. The van der Waals surface area contributed by atoms with E-state index < -0.39 is 0 Å². The summed E-state index contributed by atoms with van der Waals surface area (Å²) in [5.74, 6) is 4.61. The fraction of sp³-hybridized carbons (Fsp3) is 0.217. The molecule has 0 unspecified atom stereocenters. The van der Waals surface area contributed by atoms with E-state index in [1.165, 1.54) is 144 Å². The van der Waals surface area contributed by atoms with Crippen molar-refractivity contribution in [1.29, 1.82) is 0 Å². The van der Waals surface area contributed by atoms with Gasteiger partial charge in [-0.1, -0.05) is 313 Å². The van der Waals surface area contributed by atoms with Crippen LogP contribution in [-0.2, 0) is 43.7 Å². The fourth-order valence-corrected chi connectivity index (χ4v) is 26.4. The van der Waals surface area contributed by atoms with E-state index in [0.29, 0.717) is 0 Å². The third-order valence-corrected chi connectivity index (χ3v) is 33.0. The number of halogens is 2. The first-order valence-electron chi connectivity index (χ1n) is 35.3. The van der Waals surface area contributed by atoms with Crippen LogP contribution in [0.5, 0.6) is 0 Å². The molecule has 0 aliphatic carbocycles. The van der Waals surface area contributed by atoms with E-state index in [2.05, 4.69) is 371 Å². The second-order valence-electron chi connectivity index (χ2n) is 25.1. The minimum absolute atomic E-state index is 0. The zero-order chi connectivity index (χ0) is 70.6. The molecule has 1 nitrogen and oxygen atoms in total. The molecule has 0 spiro atoms. The van der Waals surface area contributed by atoms with Gasteiger partial charge in [-0.3, -0.25) is 0 Å². The molecule has 1 aliphatic heterocycles. The Morgan fingerprint density at radius 1 is 0.238 bits per heavy atom. The topological polar surface area (TPSA) is 9.23 Å². The maximum atomic E-state index is 4.94. The Bertz CT molecular complexity index is 3580. The van der Waals surface area contributed by atoms with Crippen LogP contribution in [0.15, 0.2) is 335 Å². The van der Waals surface area contributed by atoms with E-state index in [4.69, 9.17) is 4.74 Å². The molecule has 105 heavy (non-hydrogen) atoms. The molecule has 0 saturated carbocycles. The van der Waals surface area contributed by atoms with Gasteiger partial charge in [0.1, 0.15) is 0 Å². The Balaban J connectivity index is 0.000000242. The van der Waals surface area contributed by atoms with Crippen LogP contribution in [0, 0.1) is 55.4 Å². The molecule has 0 atom stereocenters. The summed E-state index contributed by atoms with van der Waals surface area (Å²) in [4.78, 5) is 5.65. The predicted octanol–water partition coefficient (Wildman–Crippen LogP) is 16.9. The molecule has 12 aromatic carbocycles. The molecular formula is C92H100Cl2OP4Rh2S4-2. The summed E-state index contributed by atoms with van der Waals surface area (Å²) in [6, 6.07) is 115. The molecule has 1 fully saturated rings. The van der Waals surface area contributed by atoms with Gasteiger partial charge >= 0.3 is 0 Å². The van der Waals surface area contributed by atoms with Gasteiger partial charge in [-0.2, -0.15) is 0 Å². The SMILES string of the molecule is C1CCOC1.Cc1ccc(SCCP(c2ccccc2)c2ccccc2)c(C)c1.Cc1ccc(SCCP(c2ccccc2)c2ccccc2)c(C)c1.Cc1ccc(SCCP(c2ccccc2)c2ccccc2)c(C)c1.Cc1ccc(SCCP(c2ccccc2)c2ccccc2)c(C)c1.[Cl-].[Cl-].[Rh].[Rh]. The smallest absolute Gasteiger partial charge is 0.0466 e. The van der Waals surface area contributed by atoms with E-state index in [9.17, 15) is 0 Å². The first kappa shape index (κ1) is 91.2. The van der Waals surface area contributed by atoms with Gasteiger partial charge in [0.25, 0.3) is 0 Å². The van der Waals surface area contributed by atoms with Crippen LogP contribution < -0.4 is 67.3 Å². The number of rotatable bonds is 24. The summed E-state index contributed by atoms with van der Waals surface area (Å²) in [5, 5.41) is 11.8. The Hall–Kier alpha value is -4.45. The summed E-state index contributed by atoms with van der Waals surface area (Å²) in [6.45, 7) is 19.5. The van der Waals surface area contributed by atoms with Gasteiger partial charge in [-0.05, 0) is 214 Å². The molecular weight excluding hydrogens is 1650 g/mol. The molecule has 552 valence electrons. The number of ether oxygens (including phenoxy) is 1. The zero-order valence-electron chi connectivity index (χ0n) is 61.8. The molecule has 1 aliphatic rings. The number of hydrogen-bond donors (Lipinski definition) is 0. The minimum atomic E-state index is -0.284. The van der Waals surface area contributed by atoms with Crippen LogP contribution in [0.25, 0.3) is 0 Å². The Morgan fingerprint density at radius 3 is 0.533 bits per heavy atom. The predicted molar refractivity (Wildman–Crippen MR) is 462 cm³/mol. The zero-order valence-corrected chi connectivity index (χ0v) is 73.4. The molecule has 2 radical (unpaired) electrons. The Kier molecular flexibility index (Phi) is 45.0. The van der Waals surface area contributed by atoms with Crippen LogP contribution in [0.3, 0.4) is 0 Å². The third-order valence-electron chi connectivity index (χ3n) is 17.0. The molecule has 0 bridgehead atoms. The fourth-order valence-electron chi connectivity index (χ4n) is 11.8. The van der Waals surface area contributed by atoms with Crippen molar-refractivity contribution in [2.75, 3.05) is 60.9 Å². The van der Waals surface area contributed by atoms with Crippen LogP contribution in [-0.4, -0.2) is 60.9 Å². The first-order valence-corrected chi connectivity index (χ1v) is 45.4. The largest absolute Gasteiger partial charge is 1.00 e. The first-order chi connectivity index (χ1) is 49.4. The minimum Gasteiger partial charge on any atom is -1.00 e. The summed E-state index contributed by atoms with van der Waals surface area (Å²) >= 11 is 7.96. The molecule has 13 rings (SSSR count). The van der Waals surface area contributed by atoms with Crippen molar-refractivity contribution in [3.8, 4) is 0 Å². The second kappa shape index (κ2) is 51.9. The summed E-state index contributed by atoms with van der Waals surface area (Å²) in [5.41, 5.74) is 10.9. The monoisotopic (exact) mass is 1750 g/mol. The summed E-state index contributed by atoms with van der Waals surface area (Å²) in [6.07, 6.45) is 7.39. The molecule has 1 heterocycles. The van der Waals surface area contributed by atoms with E-state index in [0.717, 1.165) is 36.2 Å². The number of hydrogen-bond acceptors (Lipinski definition) is 5. The van der Waals surface area contributed by atoms with Crippen LogP contribution in [0.1, 0.15) is 57.3 Å². The summed E-state index contributed by atoms with van der Waals surface area (Å²) < 4.78 is 4.94. The van der Waals surface area contributed by atoms with Gasteiger partial charge in [0.15, 0.2) is 0 Å². The van der Waals surface area contributed by atoms with E-state index in [1.807, 2.05) is 47.0 Å². The van der Waals surface area contributed by atoms with Crippen molar-refractivity contribution in [3.05, 3.63) is 360 Å². The van der Waals surface area contributed by atoms with E-state index in [-0.39, 0.29) is 95.5 Å². The summed E-state index contributed by atoms with van der Waals surface area (Å²) in [7, 11) is -1.14. The maximum absolute atomic E-state index is 4.94. The van der Waals surface area contributed by atoms with E-state index >= 15 is 0 Å². The van der Waals surface area contributed by atoms with Gasteiger partial charge in [0.05, 0.1) is 0 Å². The van der Waals surface area contributed by atoms with Crippen molar-refractivity contribution in [3.63, 3.8) is 0 Å². The quantitative estimate of drug-likeness (QED) is 0.0338. The average Bonchev–Trinajstić information content (AvgIpc) is 0.893. The Morgan fingerprint density at radius 2 is 0.400 bits per heavy atom. The standard InChI is InChI=1S/4C22H23PS.C4H8O.2ClH.2Rh/c4*1-18-13-14-22(19(2)17-18)24-16-15-23(20-9-5-3-6-10-20)21-11-7-4-8-12-21;1-2-4-5-3-1;;;;/h4*3-14,17H,15-16H2,1-2H3;1-4H2;2*1H;;/p-2. The van der Waals surface area contributed by atoms with Gasteiger partial charge in [0.2, 0.25) is 0 Å². The van der Waals surface area contributed by atoms with Crippen LogP contribution in [0.2, 0.25) is 0 Å². The molecule has 1 saturated heterocycles. The van der Waals surface area contributed by atoms with Crippen LogP contribution >= 0.6 is 78.7 Å². The molecule has 0 aromatic heterocycles. The van der Waals surface area contributed by atoms with E-state index in [1.54, 1.807) is 0 Å². The second-order valence-corrected chi connectivity index (χ2v) is 39.0. The van der Waals surface area contributed by atoms with Crippen molar-refractivity contribution in [2.45, 2.75) is 87.8 Å². The Labute approximate surface area is 691 Å². The van der Waals surface area contributed by atoms with Crippen molar-refractivity contribution in [2.24, 2.45) is 0 Å². The number of benzene rings is 12. The van der Waals surface area contributed by atoms with Crippen LogP contribution in [0.4, 0.5) is 0 Å². The number of aryl methyl sites for hydroxylation is 8. The van der Waals surface area contributed by atoms with Crippen molar-refractivity contribution < 1.29 is 68.5 Å². The van der Waals surface area contributed by atoms with Gasteiger partial charge < -0.3 is 29.6 Å². The van der Waals surface area contributed by atoms with Gasteiger partial charge in [-0.25, -0.2) is 0 Å². The molecule has 0 N–H and O–H groups in total. The maximum Gasteiger partial charge on any atom is 0.0466 e. The van der Waals surface area contributed by atoms with Crippen molar-refractivity contribution >= 4 is 121 Å². The molecule has 13 heteroatoms.